The number of hydrogen-bond acceptors (Lipinski definition) is 5. The molecule has 3 rings (SSSR count). The molecule has 0 spiro atoms. The van der Waals surface area contributed by atoms with E-state index < -0.39 is 22.0 Å². The van der Waals surface area contributed by atoms with Gasteiger partial charge in [-0.15, -0.1) is 16.2 Å². The van der Waals surface area contributed by atoms with E-state index in [-0.39, 0.29) is 19.8 Å². The van der Waals surface area contributed by atoms with Gasteiger partial charge in [0.2, 0.25) is 0 Å². The highest BCUT2D eigenvalue weighted by molar-refractivity contribution is 7.91. The Labute approximate surface area is 170 Å². The molecular formula is C18H14ClN3O4S2. The second kappa shape index (κ2) is 8.53. The summed E-state index contributed by atoms with van der Waals surface area (Å²) in [6.07, 6.45) is 0. The van der Waals surface area contributed by atoms with Gasteiger partial charge in [-0.2, -0.15) is 0 Å². The molecule has 0 aliphatic rings. The molecule has 7 nitrogen and oxygen atoms in total. The minimum absolute atomic E-state index is 0.0709. The Morgan fingerprint density at radius 2 is 1.50 bits per heavy atom. The number of nitrogens with zero attached hydrogens (tertiary/aromatic N) is 1. The molecule has 0 bridgehead atoms. The van der Waals surface area contributed by atoms with E-state index in [2.05, 4.69) is 5.43 Å². The SMILES string of the molecule is O=C(NNS(=O)(=O)c1ccc(Cl)s1)N(C(=O)c1ccccc1)c1ccccc1. The third-order valence-electron chi connectivity index (χ3n) is 3.55. The Morgan fingerprint density at radius 3 is 2.07 bits per heavy atom. The number of thiophene rings is 1. The van der Waals surface area contributed by atoms with Crippen LogP contribution in [0.25, 0.3) is 0 Å². The molecular weight excluding hydrogens is 422 g/mol. The van der Waals surface area contributed by atoms with E-state index in [1.54, 1.807) is 60.7 Å². The predicted molar refractivity (Wildman–Crippen MR) is 108 cm³/mol. The first kappa shape index (κ1) is 20.0. The number of carbonyl (C=O) groups is 2. The van der Waals surface area contributed by atoms with Gasteiger partial charge in [-0.25, -0.2) is 18.1 Å². The third kappa shape index (κ3) is 4.57. The van der Waals surface area contributed by atoms with E-state index in [1.165, 1.54) is 12.1 Å². The van der Waals surface area contributed by atoms with Crippen LogP contribution in [0.5, 0.6) is 0 Å². The topological polar surface area (TPSA) is 95.6 Å². The number of benzene rings is 2. The van der Waals surface area contributed by atoms with E-state index in [9.17, 15) is 18.0 Å². The zero-order valence-electron chi connectivity index (χ0n) is 14.2. The summed E-state index contributed by atoms with van der Waals surface area (Å²) in [4.78, 5) is 28.4. The Kier molecular flexibility index (Phi) is 6.10. The Hall–Kier alpha value is -2.72. The van der Waals surface area contributed by atoms with Gasteiger partial charge in [0, 0.05) is 5.56 Å². The van der Waals surface area contributed by atoms with Crippen molar-refractivity contribution in [2.45, 2.75) is 4.21 Å². The van der Waals surface area contributed by atoms with Crippen LogP contribution >= 0.6 is 22.9 Å². The number of amides is 3. The molecule has 144 valence electrons. The van der Waals surface area contributed by atoms with Crippen molar-refractivity contribution in [3.63, 3.8) is 0 Å². The van der Waals surface area contributed by atoms with E-state index in [4.69, 9.17) is 11.6 Å². The van der Waals surface area contributed by atoms with Crippen LogP contribution in [0.2, 0.25) is 4.34 Å². The average Bonchev–Trinajstić information content (AvgIpc) is 3.15. The summed E-state index contributed by atoms with van der Waals surface area (Å²) in [5.41, 5.74) is 2.63. The fourth-order valence-electron chi connectivity index (χ4n) is 2.27. The van der Waals surface area contributed by atoms with Crippen molar-refractivity contribution in [3.8, 4) is 0 Å². The molecule has 10 heteroatoms. The van der Waals surface area contributed by atoms with Gasteiger partial charge < -0.3 is 0 Å². The summed E-state index contributed by atoms with van der Waals surface area (Å²) < 4.78 is 24.8. The van der Waals surface area contributed by atoms with Crippen LogP contribution in [-0.2, 0) is 10.0 Å². The lowest BCUT2D eigenvalue weighted by Gasteiger charge is -2.21. The molecule has 0 fully saturated rings. The number of rotatable bonds is 5. The molecule has 0 saturated heterocycles. The van der Waals surface area contributed by atoms with Gasteiger partial charge in [0.15, 0.2) is 0 Å². The van der Waals surface area contributed by atoms with E-state index in [1.807, 2.05) is 4.83 Å². The zero-order chi connectivity index (χ0) is 20.1. The van der Waals surface area contributed by atoms with E-state index in [0.717, 1.165) is 16.2 Å². The van der Waals surface area contributed by atoms with Gasteiger partial charge in [0.25, 0.3) is 15.9 Å². The summed E-state index contributed by atoms with van der Waals surface area (Å²) in [5, 5.41) is 0. The van der Waals surface area contributed by atoms with Crippen molar-refractivity contribution >= 4 is 50.6 Å². The average molecular weight is 436 g/mol. The lowest BCUT2D eigenvalue weighted by Crippen LogP contribution is -2.51. The second-order valence-electron chi connectivity index (χ2n) is 5.44. The molecule has 28 heavy (non-hydrogen) atoms. The molecule has 0 aliphatic heterocycles. The maximum absolute atomic E-state index is 12.9. The fourth-order valence-corrected chi connectivity index (χ4v) is 4.59. The summed E-state index contributed by atoms with van der Waals surface area (Å²) in [6.45, 7) is 0. The number of sulfonamides is 1. The summed E-state index contributed by atoms with van der Waals surface area (Å²) in [5.74, 6) is -0.609. The fraction of sp³-hybridized carbons (Fsp3) is 0. The van der Waals surface area contributed by atoms with Gasteiger partial charge in [-0.05, 0) is 36.4 Å². The van der Waals surface area contributed by atoms with Gasteiger partial charge in [-0.3, -0.25) is 10.2 Å². The summed E-state index contributed by atoms with van der Waals surface area (Å²) in [6, 6.07) is 18.1. The van der Waals surface area contributed by atoms with Crippen molar-refractivity contribution in [2.75, 3.05) is 4.90 Å². The minimum Gasteiger partial charge on any atom is -0.268 e. The number of nitrogens with one attached hydrogen (secondary N) is 2. The second-order valence-corrected chi connectivity index (χ2v) is 9.06. The van der Waals surface area contributed by atoms with Crippen molar-refractivity contribution in [3.05, 3.63) is 82.7 Å². The smallest absolute Gasteiger partial charge is 0.268 e. The third-order valence-corrected chi connectivity index (χ3v) is 6.52. The van der Waals surface area contributed by atoms with Crippen molar-refractivity contribution in [1.29, 1.82) is 0 Å². The van der Waals surface area contributed by atoms with Crippen LogP contribution in [0.15, 0.2) is 77.0 Å². The normalized spacial score (nSPS) is 11.0. The van der Waals surface area contributed by atoms with Crippen LogP contribution in [-0.4, -0.2) is 20.4 Å². The van der Waals surface area contributed by atoms with Crippen molar-refractivity contribution < 1.29 is 18.0 Å². The molecule has 0 saturated carbocycles. The van der Waals surface area contributed by atoms with Crippen LogP contribution < -0.4 is 15.2 Å². The van der Waals surface area contributed by atoms with E-state index >= 15 is 0 Å². The molecule has 1 aromatic heterocycles. The molecule has 0 unspecified atom stereocenters. The summed E-state index contributed by atoms with van der Waals surface area (Å²) >= 11 is 6.59. The quantitative estimate of drug-likeness (QED) is 0.598. The number of urea groups is 1. The predicted octanol–water partition coefficient (Wildman–Crippen LogP) is 3.65. The van der Waals surface area contributed by atoms with Gasteiger partial charge in [0.05, 0.1) is 10.0 Å². The van der Waals surface area contributed by atoms with Gasteiger partial charge in [-0.1, -0.05) is 48.0 Å². The van der Waals surface area contributed by atoms with E-state index in [0.29, 0.717) is 0 Å². The molecule has 1 heterocycles. The summed E-state index contributed by atoms with van der Waals surface area (Å²) in [7, 11) is -4.03. The Morgan fingerprint density at radius 1 is 0.893 bits per heavy atom. The first-order valence-electron chi connectivity index (χ1n) is 7.90. The minimum atomic E-state index is -4.03. The monoisotopic (exact) mass is 435 g/mol. The molecule has 0 atom stereocenters. The van der Waals surface area contributed by atoms with Crippen molar-refractivity contribution in [1.82, 2.24) is 10.3 Å². The molecule has 0 aliphatic carbocycles. The lowest BCUT2D eigenvalue weighted by molar-refractivity contribution is 0.0993. The first-order valence-corrected chi connectivity index (χ1v) is 10.6. The van der Waals surface area contributed by atoms with Gasteiger partial charge >= 0.3 is 6.03 Å². The van der Waals surface area contributed by atoms with Crippen LogP contribution in [0.3, 0.4) is 0 Å². The first-order chi connectivity index (χ1) is 13.4. The molecule has 0 radical (unpaired) electrons. The number of hydrogen-bond donors (Lipinski definition) is 2. The highest BCUT2D eigenvalue weighted by atomic mass is 35.5. The Balaban J connectivity index is 1.84. The number of halogens is 1. The molecule has 2 N–H and O–H groups in total. The zero-order valence-corrected chi connectivity index (χ0v) is 16.6. The molecule has 3 amide bonds. The number of hydrazine groups is 1. The largest absolute Gasteiger partial charge is 0.344 e. The molecule has 3 aromatic rings. The van der Waals surface area contributed by atoms with Crippen LogP contribution in [0, 0.1) is 0 Å². The van der Waals surface area contributed by atoms with Crippen LogP contribution in [0.4, 0.5) is 10.5 Å². The van der Waals surface area contributed by atoms with Crippen molar-refractivity contribution in [2.24, 2.45) is 0 Å². The maximum atomic E-state index is 12.9. The number of imide groups is 1. The highest BCUT2D eigenvalue weighted by Crippen LogP contribution is 2.25. The standard InChI is InChI=1S/C18H14ClN3O4S2/c19-15-11-12-16(27-15)28(25,26)21-20-18(24)22(14-9-5-2-6-10-14)17(23)13-7-3-1-4-8-13/h1-12,21H,(H,20,24). The maximum Gasteiger partial charge on any atom is 0.344 e. The number of anilines is 1. The van der Waals surface area contributed by atoms with Crippen LogP contribution in [0.1, 0.15) is 10.4 Å². The van der Waals surface area contributed by atoms with Gasteiger partial charge in [0.1, 0.15) is 4.21 Å². The molecule has 2 aromatic carbocycles. The Bertz CT molecular complexity index is 1090. The number of para-hydroxylation sites is 1. The lowest BCUT2D eigenvalue weighted by atomic mass is 10.2. The number of carbonyl (C=O) groups excluding carboxylic acids is 2. The highest BCUT2D eigenvalue weighted by Gasteiger charge is 2.26.